The molecule has 0 spiro atoms. The van der Waals surface area contributed by atoms with Crippen LogP contribution in [0.1, 0.15) is 6.92 Å². The zero-order valence-electron chi connectivity index (χ0n) is 4.97. The van der Waals surface area contributed by atoms with E-state index in [0.717, 1.165) is 12.2 Å². The molecule has 0 rings (SSSR count). The highest BCUT2D eigenvalue weighted by atomic mass is 16.2. The van der Waals surface area contributed by atoms with Gasteiger partial charge in [0.25, 0.3) is 0 Å². The Morgan fingerprint density at radius 2 is 1.33 bits per heavy atom. The number of rotatable bonds is 0. The molecule has 0 amide bonds. The average molecular weight is 132 g/mol. The van der Waals surface area contributed by atoms with Gasteiger partial charge in [0.05, 0.1) is 0 Å². The summed E-state index contributed by atoms with van der Waals surface area (Å²) < 4.78 is 0. The minimum Gasteiger partial charge on any atom is -0.397 e. The molecule has 0 aliphatic heterocycles. The van der Waals surface area contributed by atoms with Gasteiger partial charge in [-0.1, -0.05) is 0 Å². The standard InChI is InChI=1S/C2H6O.2CHNO/c1-2-3;2*2-1-3/h3H,2H2,1H3;2*2H. The average Bonchev–Trinajstić information content (AvgIpc) is 1.70. The van der Waals surface area contributed by atoms with Gasteiger partial charge in [0.1, 0.15) is 0 Å². The number of hydrogen-bond donors (Lipinski definition) is 3. The maximum atomic E-state index is 8.35. The SMILES string of the molecule is CCO.N=C=O.N=C=O. The van der Waals surface area contributed by atoms with Gasteiger partial charge in [-0.05, 0) is 6.92 Å². The van der Waals surface area contributed by atoms with Crippen LogP contribution in [-0.4, -0.2) is 23.9 Å². The lowest BCUT2D eigenvalue weighted by atomic mass is 10.9. The van der Waals surface area contributed by atoms with E-state index in [1.807, 2.05) is 0 Å². The number of hydrogen-bond acceptors (Lipinski definition) is 5. The van der Waals surface area contributed by atoms with E-state index in [4.69, 9.17) is 25.5 Å². The number of isocyanates is 2. The van der Waals surface area contributed by atoms with Crippen molar-refractivity contribution < 1.29 is 14.7 Å². The first-order valence-electron chi connectivity index (χ1n) is 1.93. The van der Waals surface area contributed by atoms with Gasteiger partial charge in [-0.15, -0.1) is 0 Å². The molecule has 0 aliphatic rings. The molecular weight excluding hydrogens is 124 g/mol. The van der Waals surface area contributed by atoms with Gasteiger partial charge in [0.2, 0.25) is 12.2 Å². The number of aliphatic hydroxyl groups excluding tert-OH is 1. The first-order chi connectivity index (χ1) is 4.24. The Morgan fingerprint density at radius 3 is 1.33 bits per heavy atom. The Labute approximate surface area is 52.3 Å². The predicted octanol–water partition coefficient (Wildman–Crippen LogP) is -0.199. The topological polar surface area (TPSA) is 102 Å². The van der Waals surface area contributed by atoms with Crippen molar-refractivity contribution in [2.24, 2.45) is 0 Å². The van der Waals surface area contributed by atoms with Crippen molar-refractivity contribution in [3.8, 4) is 0 Å². The van der Waals surface area contributed by atoms with Gasteiger partial charge in [-0.2, -0.15) is 0 Å². The molecule has 5 heteroatoms. The van der Waals surface area contributed by atoms with Crippen molar-refractivity contribution in [1.29, 1.82) is 10.8 Å². The third-order valence-corrected chi connectivity index (χ3v) is 0. The lowest BCUT2D eigenvalue weighted by Gasteiger charge is -1.52. The molecule has 9 heavy (non-hydrogen) atoms. The molecule has 0 aromatic rings. The van der Waals surface area contributed by atoms with E-state index in [-0.39, 0.29) is 6.61 Å². The zero-order chi connectivity index (χ0) is 8.12. The summed E-state index contributed by atoms with van der Waals surface area (Å²) in [6.45, 7) is 1.93. The van der Waals surface area contributed by atoms with E-state index in [1.165, 1.54) is 0 Å². The van der Waals surface area contributed by atoms with Gasteiger partial charge < -0.3 is 5.11 Å². The molecule has 3 N–H and O–H groups in total. The monoisotopic (exact) mass is 132 g/mol. The molecule has 0 radical (unpaired) electrons. The molecule has 0 saturated carbocycles. The van der Waals surface area contributed by atoms with Crippen molar-refractivity contribution in [2.45, 2.75) is 6.92 Å². The first kappa shape index (κ1) is 15.6. The van der Waals surface area contributed by atoms with E-state index >= 15 is 0 Å². The lowest BCUT2D eigenvalue weighted by molar-refractivity contribution is 0.318. The van der Waals surface area contributed by atoms with Crippen LogP contribution in [0.5, 0.6) is 0 Å². The Morgan fingerprint density at radius 1 is 1.33 bits per heavy atom. The number of carbonyl (C=O) groups excluding carboxylic acids is 2. The third kappa shape index (κ3) is 91.4. The van der Waals surface area contributed by atoms with Crippen molar-refractivity contribution in [3.05, 3.63) is 0 Å². The van der Waals surface area contributed by atoms with Gasteiger partial charge in [-0.3, -0.25) is 0 Å². The molecule has 0 aliphatic carbocycles. The van der Waals surface area contributed by atoms with Crippen LogP contribution in [0, 0.1) is 10.8 Å². The fourth-order valence-corrected chi connectivity index (χ4v) is 0. The van der Waals surface area contributed by atoms with Crippen LogP contribution in [0.15, 0.2) is 0 Å². The Bertz CT molecular complexity index is 78.0. The second-order valence-electron chi connectivity index (χ2n) is 0.520. The Kier molecular flexibility index (Phi) is 129. The maximum absolute atomic E-state index is 8.35. The van der Waals surface area contributed by atoms with E-state index < -0.39 is 0 Å². The van der Waals surface area contributed by atoms with Crippen molar-refractivity contribution in [3.63, 3.8) is 0 Å². The van der Waals surface area contributed by atoms with Gasteiger partial charge in [0.15, 0.2) is 0 Å². The largest absolute Gasteiger partial charge is 0.397 e. The molecule has 0 aromatic heterocycles. The highest BCUT2D eigenvalue weighted by Crippen LogP contribution is 1.30. The van der Waals surface area contributed by atoms with Crippen LogP contribution in [0.3, 0.4) is 0 Å². The second-order valence-corrected chi connectivity index (χ2v) is 0.520. The maximum Gasteiger partial charge on any atom is 0.231 e. The summed E-state index contributed by atoms with van der Waals surface area (Å²) >= 11 is 0. The molecule has 0 aromatic carbocycles. The fourth-order valence-electron chi connectivity index (χ4n) is 0. The first-order valence-corrected chi connectivity index (χ1v) is 1.93. The number of nitrogens with one attached hydrogen (secondary N) is 2. The normalized spacial score (nSPS) is 3.78. The Hall–Kier alpha value is -1.28. The summed E-state index contributed by atoms with van der Waals surface area (Å²) in [6.07, 6.45) is 1.50. The van der Waals surface area contributed by atoms with Crippen LogP contribution in [0.2, 0.25) is 0 Å². The highest BCUT2D eigenvalue weighted by molar-refractivity contribution is 5.26. The quantitative estimate of drug-likeness (QED) is 0.314. The van der Waals surface area contributed by atoms with Crippen LogP contribution in [-0.2, 0) is 9.59 Å². The summed E-state index contributed by atoms with van der Waals surface area (Å²) in [4.78, 5) is 16.7. The number of aliphatic hydroxyl groups is 1. The molecular formula is C4H8N2O3. The smallest absolute Gasteiger partial charge is 0.231 e. The fraction of sp³-hybridized carbons (Fsp3) is 0.500. The molecule has 5 nitrogen and oxygen atoms in total. The summed E-state index contributed by atoms with van der Waals surface area (Å²) in [5, 5.41) is 18.4. The van der Waals surface area contributed by atoms with Gasteiger partial charge in [-0.25, -0.2) is 20.4 Å². The molecule has 0 unspecified atom stereocenters. The van der Waals surface area contributed by atoms with Gasteiger partial charge in [0, 0.05) is 6.61 Å². The molecule has 0 heterocycles. The van der Waals surface area contributed by atoms with E-state index in [2.05, 4.69) is 0 Å². The summed E-state index contributed by atoms with van der Waals surface area (Å²) in [5.74, 6) is 0. The minimum absolute atomic E-state index is 0.250. The van der Waals surface area contributed by atoms with Crippen molar-refractivity contribution in [1.82, 2.24) is 0 Å². The van der Waals surface area contributed by atoms with E-state index in [1.54, 1.807) is 6.92 Å². The summed E-state index contributed by atoms with van der Waals surface area (Å²) in [5.41, 5.74) is 0. The van der Waals surface area contributed by atoms with Crippen LogP contribution >= 0.6 is 0 Å². The summed E-state index contributed by atoms with van der Waals surface area (Å²) in [7, 11) is 0. The second kappa shape index (κ2) is 74.3. The van der Waals surface area contributed by atoms with Crippen molar-refractivity contribution in [2.75, 3.05) is 6.61 Å². The molecule has 52 valence electrons. The molecule has 0 fully saturated rings. The molecule has 0 bridgehead atoms. The zero-order valence-corrected chi connectivity index (χ0v) is 4.97. The Balaban J connectivity index is -0.0000000600. The third-order valence-electron chi connectivity index (χ3n) is 0. The lowest BCUT2D eigenvalue weighted by Crippen LogP contribution is -1.57. The summed E-state index contributed by atoms with van der Waals surface area (Å²) in [6, 6.07) is 0. The van der Waals surface area contributed by atoms with E-state index in [0.29, 0.717) is 0 Å². The predicted molar refractivity (Wildman–Crippen MR) is 29.6 cm³/mol. The highest BCUT2D eigenvalue weighted by Gasteiger charge is 1.34. The van der Waals surface area contributed by atoms with E-state index in [9.17, 15) is 0 Å². The van der Waals surface area contributed by atoms with Crippen molar-refractivity contribution >= 4 is 12.2 Å². The van der Waals surface area contributed by atoms with Gasteiger partial charge >= 0.3 is 0 Å². The van der Waals surface area contributed by atoms with Crippen LogP contribution in [0.4, 0.5) is 0 Å². The van der Waals surface area contributed by atoms with Crippen LogP contribution in [0.25, 0.3) is 0 Å². The minimum atomic E-state index is 0.250. The molecule has 0 atom stereocenters. The van der Waals surface area contributed by atoms with Crippen LogP contribution < -0.4 is 0 Å². The molecule has 0 saturated heterocycles.